The molecular weight excluding hydrogens is 200 g/mol. The van der Waals surface area contributed by atoms with Crippen LogP contribution in [0.25, 0.3) is 5.57 Å². The van der Waals surface area contributed by atoms with Crippen molar-refractivity contribution < 1.29 is 9.90 Å². The van der Waals surface area contributed by atoms with Gasteiger partial charge < -0.3 is 5.11 Å². The number of benzene rings is 1. The minimum Gasteiger partial charge on any atom is -0.481 e. The van der Waals surface area contributed by atoms with E-state index in [0.29, 0.717) is 6.42 Å². The highest BCUT2D eigenvalue weighted by Gasteiger charge is 2.07. The first-order chi connectivity index (χ1) is 7.75. The van der Waals surface area contributed by atoms with Crippen LogP contribution in [-0.4, -0.2) is 11.1 Å². The van der Waals surface area contributed by atoms with E-state index in [1.54, 1.807) is 0 Å². The minimum absolute atomic E-state index is 0.211. The lowest BCUT2D eigenvalue weighted by atomic mass is 10.0. The molecule has 0 aromatic heterocycles. The van der Waals surface area contributed by atoms with E-state index in [1.807, 2.05) is 12.1 Å². The molecule has 0 atom stereocenters. The van der Waals surface area contributed by atoms with Crippen molar-refractivity contribution in [1.82, 2.24) is 0 Å². The molecule has 16 heavy (non-hydrogen) atoms. The van der Waals surface area contributed by atoms with Crippen molar-refractivity contribution in [2.45, 2.75) is 32.1 Å². The lowest BCUT2D eigenvalue weighted by Gasteiger charge is -2.05. The lowest BCUT2D eigenvalue weighted by molar-refractivity contribution is -0.136. The fourth-order valence-electron chi connectivity index (χ4n) is 2.11. The third kappa shape index (κ3) is 2.72. The predicted molar refractivity (Wildman–Crippen MR) is 64.2 cm³/mol. The lowest BCUT2D eigenvalue weighted by Crippen LogP contribution is -1.97. The smallest absolute Gasteiger partial charge is 0.303 e. The van der Waals surface area contributed by atoms with E-state index in [2.05, 4.69) is 18.2 Å². The van der Waals surface area contributed by atoms with Crippen molar-refractivity contribution >= 4 is 11.5 Å². The average Bonchev–Trinajstić information content (AvgIpc) is 2.80. The molecule has 0 heterocycles. The highest BCUT2D eigenvalue weighted by molar-refractivity contribution is 5.69. The molecule has 0 bridgehead atoms. The Morgan fingerprint density at radius 2 is 2.25 bits per heavy atom. The summed E-state index contributed by atoms with van der Waals surface area (Å²) in [6.07, 6.45) is 6.70. The van der Waals surface area contributed by atoms with Crippen LogP contribution in [0.4, 0.5) is 0 Å². The normalized spacial score (nSPS) is 14.9. The number of carboxylic acids is 1. The van der Waals surface area contributed by atoms with E-state index in [4.69, 9.17) is 5.11 Å². The van der Waals surface area contributed by atoms with Crippen LogP contribution < -0.4 is 0 Å². The van der Waals surface area contributed by atoms with Crippen LogP contribution in [0.3, 0.4) is 0 Å². The molecule has 1 aromatic carbocycles. The minimum atomic E-state index is -0.731. The summed E-state index contributed by atoms with van der Waals surface area (Å²) in [4.78, 5) is 10.5. The topological polar surface area (TPSA) is 37.3 Å². The Bertz CT molecular complexity index is 418. The number of hydrogen-bond donors (Lipinski definition) is 1. The average molecular weight is 216 g/mol. The summed E-state index contributed by atoms with van der Waals surface area (Å²) in [6.45, 7) is 0. The zero-order valence-electron chi connectivity index (χ0n) is 9.28. The van der Waals surface area contributed by atoms with E-state index in [-0.39, 0.29) is 6.42 Å². The number of aryl methyl sites for hydroxylation is 1. The van der Waals surface area contributed by atoms with Crippen molar-refractivity contribution in [2.24, 2.45) is 0 Å². The molecule has 0 unspecified atom stereocenters. The van der Waals surface area contributed by atoms with Crippen molar-refractivity contribution in [3.05, 3.63) is 41.5 Å². The van der Waals surface area contributed by atoms with E-state index >= 15 is 0 Å². The molecule has 1 aliphatic rings. The maximum atomic E-state index is 10.5. The van der Waals surface area contributed by atoms with Gasteiger partial charge in [-0.15, -0.1) is 0 Å². The fourth-order valence-corrected chi connectivity index (χ4v) is 2.11. The molecule has 84 valence electrons. The maximum Gasteiger partial charge on any atom is 0.303 e. The molecule has 1 N–H and O–H groups in total. The Labute approximate surface area is 95.6 Å². The van der Waals surface area contributed by atoms with Crippen LogP contribution in [0.15, 0.2) is 30.3 Å². The van der Waals surface area contributed by atoms with E-state index in [1.165, 1.54) is 24.0 Å². The third-order valence-corrected chi connectivity index (χ3v) is 2.97. The Hall–Kier alpha value is -1.57. The first kappa shape index (κ1) is 10.9. The quantitative estimate of drug-likeness (QED) is 0.838. The first-order valence-electron chi connectivity index (χ1n) is 5.76. The summed E-state index contributed by atoms with van der Waals surface area (Å²) in [7, 11) is 0. The second kappa shape index (κ2) is 4.97. The standard InChI is InChI=1S/C14H16O2/c15-14(16)9-8-11-4-3-7-13(10-11)12-5-1-2-6-12/h3-5,7,10H,1-2,6,8-9H2,(H,15,16). The van der Waals surface area contributed by atoms with Crippen LogP contribution >= 0.6 is 0 Å². The second-order valence-electron chi connectivity index (χ2n) is 4.22. The van der Waals surface area contributed by atoms with E-state index < -0.39 is 5.97 Å². The molecule has 0 saturated heterocycles. The van der Waals surface area contributed by atoms with E-state index in [0.717, 1.165) is 12.0 Å². The highest BCUT2D eigenvalue weighted by Crippen LogP contribution is 2.28. The van der Waals surface area contributed by atoms with Crippen molar-refractivity contribution in [2.75, 3.05) is 0 Å². The van der Waals surface area contributed by atoms with Crippen LogP contribution in [0.1, 0.15) is 36.8 Å². The Kier molecular flexibility index (Phi) is 3.40. The summed E-state index contributed by atoms with van der Waals surface area (Å²) in [5.74, 6) is -0.731. The van der Waals surface area contributed by atoms with Gasteiger partial charge in [0.25, 0.3) is 0 Å². The molecule has 2 heteroatoms. The second-order valence-corrected chi connectivity index (χ2v) is 4.22. The number of hydrogen-bond acceptors (Lipinski definition) is 1. The molecule has 0 fully saturated rings. The van der Waals surface area contributed by atoms with Gasteiger partial charge in [0.05, 0.1) is 0 Å². The van der Waals surface area contributed by atoms with Gasteiger partial charge in [0, 0.05) is 6.42 Å². The van der Waals surface area contributed by atoms with Gasteiger partial charge >= 0.3 is 5.97 Å². The Morgan fingerprint density at radius 3 is 2.94 bits per heavy atom. The van der Waals surface area contributed by atoms with Crippen LogP contribution in [-0.2, 0) is 11.2 Å². The number of aliphatic carboxylic acids is 1. The third-order valence-electron chi connectivity index (χ3n) is 2.97. The zero-order valence-corrected chi connectivity index (χ0v) is 9.28. The van der Waals surface area contributed by atoms with Gasteiger partial charge in [0.15, 0.2) is 0 Å². The van der Waals surface area contributed by atoms with Gasteiger partial charge in [-0.05, 0) is 42.4 Å². The van der Waals surface area contributed by atoms with Gasteiger partial charge in [0.2, 0.25) is 0 Å². The summed E-state index contributed by atoms with van der Waals surface area (Å²) >= 11 is 0. The molecule has 2 nitrogen and oxygen atoms in total. The largest absolute Gasteiger partial charge is 0.481 e. The van der Waals surface area contributed by atoms with Crippen molar-refractivity contribution in [1.29, 1.82) is 0 Å². The number of allylic oxidation sites excluding steroid dienone is 2. The monoisotopic (exact) mass is 216 g/mol. The van der Waals surface area contributed by atoms with Crippen LogP contribution in [0, 0.1) is 0 Å². The number of carbonyl (C=O) groups is 1. The SMILES string of the molecule is O=C(O)CCc1cccc(C2=CCCC2)c1. The summed E-state index contributed by atoms with van der Waals surface area (Å²) in [5.41, 5.74) is 3.80. The molecule has 0 saturated carbocycles. The molecule has 0 radical (unpaired) electrons. The maximum absolute atomic E-state index is 10.5. The van der Waals surface area contributed by atoms with Gasteiger partial charge in [-0.3, -0.25) is 4.79 Å². The highest BCUT2D eigenvalue weighted by atomic mass is 16.4. The Morgan fingerprint density at radius 1 is 1.38 bits per heavy atom. The molecular formula is C14H16O2. The summed E-state index contributed by atoms with van der Waals surface area (Å²) < 4.78 is 0. The molecule has 2 rings (SSSR count). The predicted octanol–water partition coefficient (Wildman–Crippen LogP) is 3.27. The van der Waals surface area contributed by atoms with Gasteiger partial charge in [-0.25, -0.2) is 0 Å². The molecule has 1 aliphatic carbocycles. The molecule has 0 spiro atoms. The van der Waals surface area contributed by atoms with E-state index in [9.17, 15) is 4.79 Å². The van der Waals surface area contributed by atoms with Crippen LogP contribution in [0.5, 0.6) is 0 Å². The zero-order chi connectivity index (χ0) is 11.4. The Balaban J connectivity index is 2.10. The molecule has 0 amide bonds. The van der Waals surface area contributed by atoms with Crippen molar-refractivity contribution in [3.63, 3.8) is 0 Å². The van der Waals surface area contributed by atoms with Gasteiger partial charge in [-0.1, -0.05) is 30.3 Å². The number of rotatable bonds is 4. The van der Waals surface area contributed by atoms with Crippen molar-refractivity contribution in [3.8, 4) is 0 Å². The molecule has 0 aliphatic heterocycles. The molecule has 1 aromatic rings. The first-order valence-corrected chi connectivity index (χ1v) is 5.76. The summed E-state index contributed by atoms with van der Waals surface area (Å²) in [5, 5.41) is 8.64. The fraction of sp³-hybridized carbons (Fsp3) is 0.357. The van der Waals surface area contributed by atoms with Gasteiger partial charge in [-0.2, -0.15) is 0 Å². The van der Waals surface area contributed by atoms with Gasteiger partial charge in [0.1, 0.15) is 0 Å². The number of carboxylic acid groups (broad SMARTS) is 1. The summed E-state index contributed by atoms with van der Waals surface area (Å²) in [6, 6.07) is 8.26. The van der Waals surface area contributed by atoms with Crippen LogP contribution in [0.2, 0.25) is 0 Å².